The topological polar surface area (TPSA) is 45.5 Å². The van der Waals surface area contributed by atoms with Crippen molar-refractivity contribution < 1.29 is 9.21 Å². The number of piperazine rings is 1. The van der Waals surface area contributed by atoms with E-state index in [0.29, 0.717) is 17.9 Å². The summed E-state index contributed by atoms with van der Waals surface area (Å²) in [7, 11) is 0. The molecule has 0 bridgehead atoms. The molecule has 0 spiro atoms. The lowest BCUT2D eigenvalue weighted by Gasteiger charge is -2.36. The first-order chi connectivity index (χ1) is 10.7. The summed E-state index contributed by atoms with van der Waals surface area (Å²) in [5.41, 5.74) is 3.16. The monoisotopic (exact) mass is 334 g/mol. The molecule has 0 aliphatic carbocycles. The average molecular weight is 335 g/mol. The van der Waals surface area contributed by atoms with Gasteiger partial charge in [-0.3, -0.25) is 4.79 Å². The number of furan rings is 1. The largest absolute Gasteiger partial charge is 0.469 e. The first kappa shape index (κ1) is 17.6. The first-order valence-corrected chi connectivity index (χ1v) is 7.85. The van der Waals surface area contributed by atoms with E-state index >= 15 is 0 Å². The fourth-order valence-corrected chi connectivity index (χ4v) is 2.98. The summed E-state index contributed by atoms with van der Waals surface area (Å²) in [5.74, 6) is 0.737. The fourth-order valence-electron chi connectivity index (χ4n) is 2.98. The van der Waals surface area contributed by atoms with Gasteiger partial charge in [0.1, 0.15) is 5.76 Å². The summed E-state index contributed by atoms with van der Waals surface area (Å²) in [5, 5.41) is 3.39. The maximum Gasteiger partial charge on any atom is 0.257 e. The lowest BCUT2D eigenvalue weighted by molar-refractivity contribution is 0.0632. The Morgan fingerprint density at radius 3 is 2.65 bits per heavy atom. The van der Waals surface area contributed by atoms with E-state index in [1.54, 1.807) is 12.3 Å². The highest BCUT2D eigenvalue weighted by Crippen LogP contribution is 2.25. The van der Waals surface area contributed by atoms with E-state index in [1.807, 2.05) is 11.8 Å². The van der Waals surface area contributed by atoms with Gasteiger partial charge in [0.2, 0.25) is 0 Å². The zero-order valence-electron chi connectivity index (χ0n) is 13.5. The van der Waals surface area contributed by atoms with E-state index in [-0.39, 0.29) is 24.4 Å². The van der Waals surface area contributed by atoms with E-state index in [0.717, 1.165) is 19.5 Å². The summed E-state index contributed by atoms with van der Waals surface area (Å²) in [6, 6.07) is 10.4. The molecule has 2 aromatic rings. The molecule has 0 saturated carbocycles. The molecule has 2 heterocycles. The predicted molar refractivity (Wildman–Crippen MR) is 93.2 cm³/mol. The number of amides is 1. The third kappa shape index (κ3) is 3.59. The molecular formula is C18H23ClN2O2. The summed E-state index contributed by atoms with van der Waals surface area (Å²) < 4.78 is 5.28. The Morgan fingerprint density at radius 1 is 1.30 bits per heavy atom. The number of rotatable bonds is 3. The number of nitrogens with one attached hydrogen (secondary N) is 1. The number of benzene rings is 1. The lowest BCUT2D eigenvalue weighted by Crippen LogP contribution is -2.48. The van der Waals surface area contributed by atoms with Gasteiger partial charge in [0.15, 0.2) is 0 Å². The van der Waals surface area contributed by atoms with Gasteiger partial charge < -0.3 is 14.6 Å². The van der Waals surface area contributed by atoms with Crippen LogP contribution in [0.15, 0.2) is 41.0 Å². The number of carbonyl (C=O) groups excluding carboxylic acids is 1. The molecule has 3 rings (SSSR count). The Kier molecular flexibility index (Phi) is 5.85. The molecule has 1 saturated heterocycles. The Hall–Kier alpha value is -1.78. The highest BCUT2D eigenvalue weighted by atomic mass is 35.5. The Bertz CT molecular complexity index is 651. The number of halogens is 1. The lowest BCUT2D eigenvalue weighted by atomic mass is 10.00. The molecule has 1 aromatic heterocycles. The van der Waals surface area contributed by atoms with Crippen molar-refractivity contribution in [1.29, 1.82) is 0 Å². The van der Waals surface area contributed by atoms with Crippen molar-refractivity contribution in [3.05, 3.63) is 59.0 Å². The Balaban J connectivity index is 0.00000192. The minimum absolute atomic E-state index is 0. The number of hydrogen-bond donors (Lipinski definition) is 1. The fraction of sp³-hybridized carbons (Fsp3) is 0.389. The number of hydrogen-bond acceptors (Lipinski definition) is 3. The van der Waals surface area contributed by atoms with Gasteiger partial charge in [-0.25, -0.2) is 0 Å². The molecule has 1 aliphatic rings. The van der Waals surface area contributed by atoms with E-state index in [4.69, 9.17) is 4.42 Å². The molecule has 1 fully saturated rings. The van der Waals surface area contributed by atoms with E-state index in [9.17, 15) is 4.79 Å². The van der Waals surface area contributed by atoms with Crippen molar-refractivity contribution in [2.45, 2.75) is 26.3 Å². The second kappa shape index (κ2) is 7.66. The molecule has 1 aromatic carbocycles. The molecule has 4 nitrogen and oxygen atoms in total. The van der Waals surface area contributed by atoms with Crippen LogP contribution in [0.1, 0.15) is 40.2 Å². The van der Waals surface area contributed by atoms with Gasteiger partial charge in [0, 0.05) is 19.6 Å². The predicted octanol–water partition coefficient (Wildman–Crippen LogP) is 3.36. The minimum atomic E-state index is 0. The average Bonchev–Trinajstić information content (AvgIpc) is 3.00. The SMILES string of the molecule is CCc1ccc(C2CNCCN2C(=O)c2ccoc2C)cc1.Cl. The second-order valence-electron chi connectivity index (χ2n) is 5.70. The molecule has 1 N–H and O–H groups in total. The van der Waals surface area contributed by atoms with Gasteiger partial charge in [-0.1, -0.05) is 31.2 Å². The molecule has 1 unspecified atom stereocenters. The highest BCUT2D eigenvalue weighted by molar-refractivity contribution is 5.95. The van der Waals surface area contributed by atoms with Crippen LogP contribution in [0.4, 0.5) is 0 Å². The van der Waals surface area contributed by atoms with Crippen LogP contribution >= 0.6 is 12.4 Å². The van der Waals surface area contributed by atoms with Crippen molar-refractivity contribution in [3.8, 4) is 0 Å². The molecule has 124 valence electrons. The highest BCUT2D eigenvalue weighted by Gasteiger charge is 2.29. The maximum absolute atomic E-state index is 12.8. The Morgan fingerprint density at radius 2 is 2.04 bits per heavy atom. The molecule has 1 atom stereocenters. The third-order valence-electron chi connectivity index (χ3n) is 4.37. The second-order valence-corrected chi connectivity index (χ2v) is 5.70. The molecule has 1 amide bonds. The van der Waals surface area contributed by atoms with Crippen LogP contribution < -0.4 is 5.32 Å². The van der Waals surface area contributed by atoms with Gasteiger partial charge in [-0.2, -0.15) is 0 Å². The van der Waals surface area contributed by atoms with Crippen LogP contribution in [-0.2, 0) is 6.42 Å². The zero-order valence-corrected chi connectivity index (χ0v) is 14.4. The van der Waals surface area contributed by atoms with Crippen molar-refractivity contribution in [3.63, 3.8) is 0 Å². The normalized spacial score (nSPS) is 17.7. The first-order valence-electron chi connectivity index (χ1n) is 7.85. The van der Waals surface area contributed by atoms with Crippen LogP contribution in [0.2, 0.25) is 0 Å². The van der Waals surface area contributed by atoms with Gasteiger partial charge in [-0.05, 0) is 30.5 Å². The standard InChI is InChI=1S/C18H22N2O2.ClH/c1-3-14-4-6-15(7-5-14)17-12-19-9-10-20(17)18(21)16-8-11-22-13(16)2;/h4-8,11,17,19H,3,9-10,12H2,1-2H3;1H. The summed E-state index contributed by atoms with van der Waals surface area (Å²) in [4.78, 5) is 14.8. The smallest absolute Gasteiger partial charge is 0.257 e. The molecule has 0 radical (unpaired) electrons. The Labute approximate surface area is 143 Å². The summed E-state index contributed by atoms with van der Waals surface area (Å²) in [6.45, 7) is 6.30. The third-order valence-corrected chi connectivity index (χ3v) is 4.37. The molecule has 23 heavy (non-hydrogen) atoms. The molecule has 5 heteroatoms. The van der Waals surface area contributed by atoms with Crippen molar-refractivity contribution in [1.82, 2.24) is 10.2 Å². The van der Waals surface area contributed by atoms with Gasteiger partial charge in [0.05, 0.1) is 17.9 Å². The van der Waals surface area contributed by atoms with E-state index < -0.39 is 0 Å². The number of aryl methyl sites for hydroxylation is 2. The van der Waals surface area contributed by atoms with Crippen LogP contribution in [0.5, 0.6) is 0 Å². The maximum atomic E-state index is 12.8. The van der Waals surface area contributed by atoms with Crippen LogP contribution in [0, 0.1) is 6.92 Å². The van der Waals surface area contributed by atoms with Crippen molar-refractivity contribution in [2.75, 3.05) is 19.6 Å². The minimum Gasteiger partial charge on any atom is -0.469 e. The number of carbonyl (C=O) groups is 1. The van der Waals surface area contributed by atoms with E-state index in [1.165, 1.54) is 11.1 Å². The van der Waals surface area contributed by atoms with Gasteiger partial charge >= 0.3 is 0 Å². The van der Waals surface area contributed by atoms with Gasteiger partial charge in [0.25, 0.3) is 5.91 Å². The zero-order chi connectivity index (χ0) is 15.5. The van der Waals surface area contributed by atoms with Crippen LogP contribution in [-0.4, -0.2) is 30.4 Å². The van der Waals surface area contributed by atoms with Crippen LogP contribution in [0.25, 0.3) is 0 Å². The van der Waals surface area contributed by atoms with Gasteiger partial charge in [-0.15, -0.1) is 12.4 Å². The molecular weight excluding hydrogens is 312 g/mol. The van der Waals surface area contributed by atoms with E-state index in [2.05, 4.69) is 36.5 Å². The van der Waals surface area contributed by atoms with Crippen molar-refractivity contribution in [2.24, 2.45) is 0 Å². The van der Waals surface area contributed by atoms with Crippen LogP contribution in [0.3, 0.4) is 0 Å². The summed E-state index contributed by atoms with van der Waals surface area (Å²) in [6.07, 6.45) is 2.61. The summed E-state index contributed by atoms with van der Waals surface area (Å²) >= 11 is 0. The molecule has 1 aliphatic heterocycles. The van der Waals surface area contributed by atoms with Crippen molar-refractivity contribution >= 4 is 18.3 Å². The quantitative estimate of drug-likeness (QED) is 0.936. The number of nitrogens with zero attached hydrogens (tertiary/aromatic N) is 1.